The second kappa shape index (κ2) is 8.11. The summed E-state index contributed by atoms with van der Waals surface area (Å²) in [5, 5.41) is 10.4. The van der Waals surface area contributed by atoms with Crippen LogP contribution in [0.1, 0.15) is 52.2 Å². The van der Waals surface area contributed by atoms with Crippen molar-refractivity contribution in [2.75, 3.05) is 13.7 Å². The van der Waals surface area contributed by atoms with E-state index in [1.54, 1.807) is 40.0 Å². The van der Waals surface area contributed by atoms with Crippen molar-refractivity contribution >= 4 is 11.5 Å². The van der Waals surface area contributed by atoms with Gasteiger partial charge < -0.3 is 24.1 Å². The number of benzene rings is 1. The van der Waals surface area contributed by atoms with Crippen LogP contribution in [0.25, 0.3) is 5.57 Å². The molecule has 1 unspecified atom stereocenters. The lowest BCUT2D eigenvalue weighted by Crippen LogP contribution is -2.39. The zero-order valence-corrected chi connectivity index (χ0v) is 18.0. The Hall–Kier alpha value is -2.47. The van der Waals surface area contributed by atoms with Gasteiger partial charge in [-0.3, -0.25) is 0 Å². The maximum atomic E-state index is 12.3. The lowest BCUT2D eigenvalue weighted by molar-refractivity contribution is -0.141. The van der Waals surface area contributed by atoms with Crippen molar-refractivity contribution in [2.45, 2.75) is 59.2 Å². The zero-order valence-electron chi connectivity index (χ0n) is 18.0. The summed E-state index contributed by atoms with van der Waals surface area (Å²) in [5.74, 6) is 1.81. The van der Waals surface area contributed by atoms with Crippen LogP contribution in [0.2, 0.25) is 0 Å². The van der Waals surface area contributed by atoms with Gasteiger partial charge in [-0.25, -0.2) is 4.79 Å². The van der Waals surface area contributed by atoms with Crippen molar-refractivity contribution in [2.24, 2.45) is 5.92 Å². The molecule has 2 aliphatic heterocycles. The number of hydrogen-bond acceptors (Lipinski definition) is 6. The number of esters is 1. The van der Waals surface area contributed by atoms with Gasteiger partial charge in [-0.2, -0.15) is 0 Å². The van der Waals surface area contributed by atoms with Crippen molar-refractivity contribution in [3.8, 4) is 17.2 Å². The van der Waals surface area contributed by atoms with Crippen LogP contribution in [0.15, 0.2) is 24.0 Å². The molecule has 29 heavy (non-hydrogen) atoms. The quantitative estimate of drug-likeness (QED) is 0.724. The zero-order chi connectivity index (χ0) is 21.3. The van der Waals surface area contributed by atoms with E-state index in [2.05, 4.69) is 19.9 Å². The van der Waals surface area contributed by atoms with Gasteiger partial charge in [0, 0.05) is 18.1 Å². The molecular formula is C23H30O6. The molecule has 1 N–H and O–H groups in total. The van der Waals surface area contributed by atoms with Crippen molar-refractivity contribution < 1.29 is 28.8 Å². The van der Waals surface area contributed by atoms with Gasteiger partial charge in [-0.15, -0.1) is 0 Å². The molecule has 0 aliphatic carbocycles. The number of methoxy groups -OCH3 is 1. The minimum Gasteiger partial charge on any atom is -0.496 e. The van der Waals surface area contributed by atoms with Crippen molar-refractivity contribution in [1.29, 1.82) is 0 Å². The van der Waals surface area contributed by atoms with Gasteiger partial charge in [0.1, 0.15) is 23.4 Å². The minimum atomic E-state index is -1.00. The predicted molar refractivity (Wildman–Crippen MR) is 110 cm³/mol. The van der Waals surface area contributed by atoms with Crippen LogP contribution >= 0.6 is 0 Å². The number of aliphatic hydroxyl groups is 1. The summed E-state index contributed by atoms with van der Waals surface area (Å²) >= 11 is 0. The van der Waals surface area contributed by atoms with Crippen LogP contribution < -0.4 is 14.2 Å². The first kappa shape index (κ1) is 21.2. The summed E-state index contributed by atoms with van der Waals surface area (Å²) in [6.07, 6.45) is 4.77. The second-order valence-corrected chi connectivity index (χ2v) is 8.34. The SMILES string of the molecule is CCOC(=O)C1=CC(=CCC(C)C)c2c(cc3c(c2OC)CC(C(C)(C)O)O3)O1. The van der Waals surface area contributed by atoms with E-state index in [1.165, 1.54) is 0 Å². The molecule has 0 saturated carbocycles. The summed E-state index contributed by atoms with van der Waals surface area (Å²) in [4.78, 5) is 12.3. The molecule has 0 radical (unpaired) electrons. The van der Waals surface area contributed by atoms with Crippen LogP contribution in [0.4, 0.5) is 0 Å². The molecule has 3 rings (SSSR count). The number of hydrogen-bond donors (Lipinski definition) is 1. The van der Waals surface area contributed by atoms with E-state index >= 15 is 0 Å². The molecule has 158 valence electrons. The molecule has 6 nitrogen and oxygen atoms in total. The third-order valence-corrected chi connectivity index (χ3v) is 5.04. The topological polar surface area (TPSA) is 74.2 Å². The number of fused-ring (bicyclic) bond motifs is 2. The predicted octanol–water partition coefficient (Wildman–Crippen LogP) is 4.04. The molecule has 0 amide bonds. The molecule has 1 aromatic rings. The summed E-state index contributed by atoms with van der Waals surface area (Å²) in [6.45, 7) is 9.73. The number of allylic oxidation sites excluding steroid dienone is 3. The number of ether oxygens (including phenoxy) is 4. The summed E-state index contributed by atoms with van der Waals surface area (Å²) in [5.41, 5.74) is 1.54. The Balaban J connectivity index is 2.11. The first-order valence-electron chi connectivity index (χ1n) is 10.1. The molecule has 0 aromatic heterocycles. The van der Waals surface area contributed by atoms with E-state index in [0.29, 0.717) is 29.6 Å². The van der Waals surface area contributed by atoms with Gasteiger partial charge in [0.05, 0.1) is 24.9 Å². The van der Waals surface area contributed by atoms with E-state index in [4.69, 9.17) is 18.9 Å². The van der Waals surface area contributed by atoms with E-state index in [0.717, 1.165) is 23.1 Å². The number of carbonyl (C=O) groups excluding carboxylic acids is 1. The van der Waals surface area contributed by atoms with E-state index in [1.807, 2.05) is 0 Å². The van der Waals surface area contributed by atoms with Gasteiger partial charge in [0.15, 0.2) is 0 Å². The van der Waals surface area contributed by atoms with Gasteiger partial charge in [-0.1, -0.05) is 19.9 Å². The Bertz CT molecular complexity index is 857. The maximum absolute atomic E-state index is 12.3. The van der Waals surface area contributed by atoms with Crippen LogP contribution in [0, 0.1) is 5.92 Å². The first-order valence-corrected chi connectivity index (χ1v) is 10.1. The Morgan fingerprint density at radius 3 is 2.69 bits per heavy atom. The van der Waals surface area contributed by atoms with Crippen LogP contribution in [0.3, 0.4) is 0 Å². The van der Waals surface area contributed by atoms with E-state index < -0.39 is 17.7 Å². The molecule has 0 spiro atoms. The standard InChI is InChI=1S/C23H30O6/c1-7-27-22(24)18-10-14(9-8-13(2)3)20-17(28-18)12-16-15(21(20)26-6)11-19(29-16)23(4,5)25/h9-10,12-13,19,25H,7-8,11H2,1-6H3. The third kappa shape index (κ3) is 4.27. The Labute approximate surface area is 172 Å². The van der Waals surface area contributed by atoms with Gasteiger partial charge in [0.25, 0.3) is 0 Å². The molecule has 0 fully saturated rings. The fourth-order valence-electron chi connectivity index (χ4n) is 3.49. The minimum absolute atomic E-state index is 0.133. The first-order chi connectivity index (χ1) is 13.7. The Morgan fingerprint density at radius 1 is 1.38 bits per heavy atom. The van der Waals surface area contributed by atoms with E-state index in [-0.39, 0.29) is 12.4 Å². The fourth-order valence-corrected chi connectivity index (χ4v) is 3.49. The smallest absolute Gasteiger partial charge is 0.374 e. The highest BCUT2D eigenvalue weighted by Crippen LogP contribution is 2.50. The van der Waals surface area contributed by atoms with Crippen molar-refractivity contribution in [1.82, 2.24) is 0 Å². The molecular weight excluding hydrogens is 372 g/mol. The highest BCUT2D eigenvalue weighted by atomic mass is 16.6. The monoisotopic (exact) mass is 402 g/mol. The van der Waals surface area contributed by atoms with Crippen LogP contribution in [0.5, 0.6) is 17.2 Å². The molecule has 2 aliphatic rings. The Morgan fingerprint density at radius 2 is 2.10 bits per heavy atom. The molecule has 0 bridgehead atoms. The lowest BCUT2D eigenvalue weighted by atomic mass is 9.92. The van der Waals surface area contributed by atoms with Crippen LogP contribution in [-0.4, -0.2) is 36.5 Å². The highest BCUT2D eigenvalue weighted by molar-refractivity contribution is 5.95. The van der Waals surface area contributed by atoms with E-state index in [9.17, 15) is 9.90 Å². The lowest BCUT2D eigenvalue weighted by Gasteiger charge is -2.24. The molecule has 2 heterocycles. The number of rotatable bonds is 6. The Kier molecular flexibility index (Phi) is 5.94. The third-order valence-electron chi connectivity index (χ3n) is 5.04. The van der Waals surface area contributed by atoms with Crippen LogP contribution in [-0.2, 0) is 16.0 Å². The summed E-state index contributed by atoms with van der Waals surface area (Å²) < 4.78 is 22.8. The van der Waals surface area contributed by atoms with Gasteiger partial charge in [0.2, 0.25) is 5.76 Å². The van der Waals surface area contributed by atoms with Crippen molar-refractivity contribution in [3.05, 3.63) is 35.1 Å². The molecule has 1 atom stereocenters. The largest absolute Gasteiger partial charge is 0.496 e. The van der Waals surface area contributed by atoms with Crippen molar-refractivity contribution in [3.63, 3.8) is 0 Å². The fraction of sp³-hybridized carbons (Fsp3) is 0.522. The molecule has 1 aromatic carbocycles. The number of carbonyl (C=O) groups is 1. The maximum Gasteiger partial charge on any atom is 0.374 e. The van der Waals surface area contributed by atoms with Gasteiger partial charge in [-0.05, 0) is 44.8 Å². The average Bonchev–Trinajstić information content (AvgIpc) is 3.08. The normalized spacial score (nSPS) is 19.2. The summed E-state index contributed by atoms with van der Waals surface area (Å²) in [6, 6.07) is 1.77. The molecule has 0 saturated heterocycles. The highest BCUT2D eigenvalue weighted by Gasteiger charge is 2.39. The van der Waals surface area contributed by atoms with Gasteiger partial charge >= 0.3 is 5.97 Å². The average molecular weight is 402 g/mol. The molecule has 6 heteroatoms. The summed E-state index contributed by atoms with van der Waals surface area (Å²) in [7, 11) is 1.61. The second-order valence-electron chi connectivity index (χ2n) is 8.34.